The molecule has 0 heterocycles. The second-order valence-corrected chi connectivity index (χ2v) is 2.32. The summed E-state index contributed by atoms with van der Waals surface area (Å²) >= 11 is 0. The van der Waals surface area contributed by atoms with Gasteiger partial charge in [-0.2, -0.15) is 5.10 Å². The summed E-state index contributed by atoms with van der Waals surface area (Å²) in [6.45, 7) is 2.16. The Morgan fingerprint density at radius 3 is 2.64 bits per heavy atom. The third-order valence-corrected chi connectivity index (χ3v) is 1.19. The lowest BCUT2D eigenvalue weighted by Crippen LogP contribution is -2.21. The zero-order chi connectivity index (χ0) is 8.53. The van der Waals surface area contributed by atoms with E-state index in [1.807, 2.05) is 0 Å². The molecule has 0 aliphatic carbocycles. The number of nitrogens with zero attached hydrogens (tertiary/aromatic N) is 2. The molecule has 4 nitrogen and oxygen atoms in total. The number of nitrogens with two attached hydrogens (primary N) is 2. The van der Waals surface area contributed by atoms with Crippen molar-refractivity contribution < 1.29 is 0 Å². The molecule has 0 radical (unpaired) electrons. The Balaban J connectivity index is 3.23. The number of hydrogen-bond acceptors (Lipinski definition) is 2. The van der Waals surface area contributed by atoms with E-state index in [2.05, 4.69) is 17.1 Å². The normalized spacial score (nSPS) is 10.3. The highest BCUT2D eigenvalue weighted by Crippen LogP contribution is 1.95. The Morgan fingerprint density at radius 2 is 2.09 bits per heavy atom. The van der Waals surface area contributed by atoms with E-state index in [-0.39, 0.29) is 5.96 Å². The average molecular weight is 156 g/mol. The van der Waals surface area contributed by atoms with Gasteiger partial charge in [0.25, 0.3) is 0 Å². The van der Waals surface area contributed by atoms with Gasteiger partial charge < -0.3 is 11.5 Å². The maximum Gasteiger partial charge on any atom is 0.211 e. The molecular formula is C7H16N4. The lowest BCUT2D eigenvalue weighted by atomic mass is 10.2. The predicted octanol–water partition coefficient (Wildman–Crippen LogP) is 0.826. The average Bonchev–Trinajstić information content (AvgIpc) is 1.96. The van der Waals surface area contributed by atoms with Gasteiger partial charge in [0.2, 0.25) is 5.96 Å². The highest BCUT2D eigenvalue weighted by atomic mass is 15.3. The fourth-order valence-electron chi connectivity index (χ4n) is 0.651. The van der Waals surface area contributed by atoms with Gasteiger partial charge in [0, 0.05) is 6.21 Å². The summed E-state index contributed by atoms with van der Waals surface area (Å²) < 4.78 is 0. The Labute approximate surface area is 67.4 Å². The van der Waals surface area contributed by atoms with E-state index in [0.29, 0.717) is 0 Å². The number of guanidine groups is 1. The lowest BCUT2D eigenvalue weighted by molar-refractivity contribution is 0.745. The standard InChI is InChI=1S/C7H16N4/c1-2-3-4-5-6-10-11-7(8)9/h6H,2-5H2,1H3,(H4,8,9,11). The van der Waals surface area contributed by atoms with Crippen molar-refractivity contribution in [2.75, 3.05) is 0 Å². The van der Waals surface area contributed by atoms with Crippen molar-refractivity contribution in [2.24, 2.45) is 21.7 Å². The van der Waals surface area contributed by atoms with Gasteiger partial charge >= 0.3 is 0 Å². The predicted molar refractivity (Wildman–Crippen MR) is 48.4 cm³/mol. The van der Waals surface area contributed by atoms with Crippen molar-refractivity contribution in [3.63, 3.8) is 0 Å². The van der Waals surface area contributed by atoms with Crippen molar-refractivity contribution in [1.29, 1.82) is 0 Å². The number of hydrogen-bond donors (Lipinski definition) is 2. The van der Waals surface area contributed by atoms with Crippen LogP contribution in [0, 0.1) is 0 Å². The summed E-state index contributed by atoms with van der Waals surface area (Å²) in [7, 11) is 0. The van der Waals surface area contributed by atoms with Crippen molar-refractivity contribution in [3.05, 3.63) is 0 Å². The molecule has 64 valence electrons. The summed E-state index contributed by atoms with van der Waals surface area (Å²) in [5.74, 6) is 0.0109. The van der Waals surface area contributed by atoms with Crippen LogP contribution in [0.1, 0.15) is 32.6 Å². The monoisotopic (exact) mass is 156 g/mol. The minimum absolute atomic E-state index is 0.0109. The molecule has 0 aromatic carbocycles. The van der Waals surface area contributed by atoms with Crippen molar-refractivity contribution >= 4 is 12.2 Å². The van der Waals surface area contributed by atoms with Gasteiger partial charge in [0.05, 0.1) is 0 Å². The molecule has 0 aromatic rings. The van der Waals surface area contributed by atoms with Gasteiger partial charge in [0.1, 0.15) is 0 Å². The quantitative estimate of drug-likeness (QED) is 0.267. The number of unbranched alkanes of at least 4 members (excludes halogenated alkanes) is 3. The van der Waals surface area contributed by atoms with Gasteiger partial charge in [-0.25, -0.2) is 0 Å². The van der Waals surface area contributed by atoms with Crippen LogP contribution in [0.3, 0.4) is 0 Å². The van der Waals surface area contributed by atoms with Crippen LogP contribution >= 0.6 is 0 Å². The first-order valence-electron chi connectivity index (χ1n) is 3.87. The summed E-state index contributed by atoms with van der Waals surface area (Å²) in [6.07, 6.45) is 6.28. The smallest absolute Gasteiger partial charge is 0.211 e. The Hall–Kier alpha value is -1.06. The SMILES string of the molecule is CCCCCC=NN=C(N)N. The van der Waals surface area contributed by atoms with E-state index in [9.17, 15) is 0 Å². The molecule has 0 bridgehead atoms. The van der Waals surface area contributed by atoms with E-state index >= 15 is 0 Å². The van der Waals surface area contributed by atoms with Crippen LogP contribution in [-0.4, -0.2) is 12.2 Å². The summed E-state index contributed by atoms with van der Waals surface area (Å²) in [5, 5.41) is 7.12. The molecule has 0 rings (SSSR count). The maximum absolute atomic E-state index is 5.05. The van der Waals surface area contributed by atoms with Gasteiger partial charge in [-0.1, -0.05) is 19.8 Å². The molecular weight excluding hydrogens is 140 g/mol. The first kappa shape index (κ1) is 9.94. The molecule has 11 heavy (non-hydrogen) atoms. The largest absolute Gasteiger partial charge is 0.369 e. The molecule has 0 aliphatic rings. The lowest BCUT2D eigenvalue weighted by Gasteiger charge is -1.89. The topological polar surface area (TPSA) is 76.8 Å². The van der Waals surface area contributed by atoms with Crippen LogP contribution in [0.2, 0.25) is 0 Å². The van der Waals surface area contributed by atoms with Crippen LogP contribution in [0.5, 0.6) is 0 Å². The van der Waals surface area contributed by atoms with Crippen LogP contribution in [-0.2, 0) is 0 Å². The van der Waals surface area contributed by atoms with Crippen molar-refractivity contribution in [2.45, 2.75) is 32.6 Å². The second-order valence-electron chi connectivity index (χ2n) is 2.32. The zero-order valence-electron chi connectivity index (χ0n) is 6.95. The molecule has 0 aliphatic heterocycles. The Kier molecular flexibility index (Phi) is 6.37. The van der Waals surface area contributed by atoms with Crippen LogP contribution in [0.25, 0.3) is 0 Å². The number of rotatable bonds is 5. The summed E-state index contributed by atoms with van der Waals surface area (Å²) in [5.41, 5.74) is 10.1. The maximum atomic E-state index is 5.05. The molecule has 4 heteroatoms. The molecule has 0 spiro atoms. The van der Waals surface area contributed by atoms with E-state index in [1.165, 1.54) is 12.8 Å². The molecule has 4 N–H and O–H groups in total. The molecule has 0 amide bonds. The fraction of sp³-hybridized carbons (Fsp3) is 0.714. The van der Waals surface area contributed by atoms with Crippen LogP contribution < -0.4 is 11.5 Å². The van der Waals surface area contributed by atoms with E-state index < -0.39 is 0 Å². The Bertz CT molecular complexity index is 135. The van der Waals surface area contributed by atoms with Crippen molar-refractivity contribution in [1.82, 2.24) is 0 Å². The first-order chi connectivity index (χ1) is 5.27. The van der Waals surface area contributed by atoms with Gasteiger partial charge in [-0.15, -0.1) is 5.10 Å². The second kappa shape index (κ2) is 7.05. The summed E-state index contributed by atoms with van der Waals surface area (Å²) in [6, 6.07) is 0. The highest BCUT2D eigenvalue weighted by molar-refractivity contribution is 5.76. The van der Waals surface area contributed by atoms with Crippen molar-refractivity contribution in [3.8, 4) is 0 Å². The van der Waals surface area contributed by atoms with Crippen LogP contribution in [0.4, 0.5) is 0 Å². The van der Waals surface area contributed by atoms with E-state index in [4.69, 9.17) is 11.5 Å². The molecule has 0 saturated heterocycles. The fourth-order valence-corrected chi connectivity index (χ4v) is 0.651. The minimum atomic E-state index is 0.0109. The van der Waals surface area contributed by atoms with Gasteiger partial charge in [-0.05, 0) is 12.8 Å². The van der Waals surface area contributed by atoms with Gasteiger partial charge in [-0.3, -0.25) is 0 Å². The highest BCUT2D eigenvalue weighted by Gasteiger charge is 1.81. The molecule has 0 unspecified atom stereocenters. The minimum Gasteiger partial charge on any atom is -0.369 e. The summed E-state index contributed by atoms with van der Waals surface area (Å²) in [4.78, 5) is 0. The molecule has 0 atom stereocenters. The van der Waals surface area contributed by atoms with Gasteiger partial charge in [0.15, 0.2) is 0 Å². The first-order valence-corrected chi connectivity index (χ1v) is 3.87. The molecule has 0 aromatic heterocycles. The van der Waals surface area contributed by atoms with E-state index in [0.717, 1.165) is 12.8 Å². The molecule has 0 saturated carbocycles. The van der Waals surface area contributed by atoms with E-state index in [1.54, 1.807) is 6.21 Å². The third kappa shape index (κ3) is 8.94. The Morgan fingerprint density at radius 1 is 1.36 bits per heavy atom. The zero-order valence-corrected chi connectivity index (χ0v) is 6.95. The molecule has 0 fully saturated rings. The van der Waals surface area contributed by atoms with Crippen LogP contribution in [0.15, 0.2) is 10.2 Å². The third-order valence-electron chi connectivity index (χ3n) is 1.19.